The van der Waals surface area contributed by atoms with E-state index >= 15 is 0 Å². The maximum absolute atomic E-state index is 6.47. The monoisotopic (exact) mass is 332 g/mol. The van der Waals surface area contributed by atoms with Crippen molar-refractivity contribution in [1.82, 2.24) is 0 Å². The van der Waals surface area contributed by atoms with Crippen molar-refractivity contribution in [1.29, 1.82) is 0 Å². The number of hydrogen-bond acceptors (Lipinski definition) is 2. The first-order valence-corrected chi connectivity index (χ1v) is 8.42. The second-order valence-corrected chi connectivity index (χ2v) is 6.24. The van der Waals surface area contributed by atoms with Crippen LogP contribution >= 0.6 is 11.6 Å². The Morgan fingerprint density at radius 3 is 2.12 bits per heavy atom. The SMILES string of the molecule is Clc1ccccc1[C@@H]1CC(c2ccccc2)=NN1c1ccccc1. The summed E-state index contributed by atoms with van der Waals surface area (Å²) in [4.78, 5) is 0. The van der Waals surface area contributed by atoms with E-state index in [1.54, 1.807) is 0 Å². The van der Waals surface area contributed by atoms with Gasteiger partial charge in [-0.25, -0.2) is 0 Å². The zero-order chi connectivity index (χ0) is 16.4. The summed E-state index contributed by atoms with van der Waals surface area (Å²) in [6.45, 7) is 0. The minimum Gasteiger partial charge on any atom is -0.257 e. The molecule has 0 saturated carbocycles. The van der Waals surface area contributed by atoms with E-state index in [2.05, 4.69) is 35.3 Å². The zero-order valence-corrected chi connectivity index (χ0v) is 13.9. The van der Waals surface area contributed by atoms with Crippen LogP contribution in [0.1, 0.15) is 23.6 Å². The number of halogens is 1. The molecule has 0 amide bonds. The molecule has 24 heavy (non-hydrogen) atoms. The third kappa shape index (κ3) is 2.81. The van der Waals surface area contributed by atoms with Gasteiger partial charge in [-0.2, -0.15) is 5.10 Å². The lowest BCUT2D eigenvalue weighted by Gasteiger charge is -2.24. The standard InChI is InChI=1S/C21H17ClN2/c22-19-14-8-7-13-18(19)21-15-20(16-9-3-1-4-10-16)23-24(21)17-11-5-2-6-12-17/h1-14,21H,15H2/t21-/m0/s1. The maximum Gasteiger partial charge on any atom is 0.0846 e. The van der Waals surface area contributed by atoms with Crippen molar-refractivity contribution in [3.05, 3.63) is 101 Å². The Morgan fingerprint density at radius 2 is 1.42 bits per heavy atom. The first-order chi connectivity index (χ1) is 11.8. The van der Waals surface area contributed by atoms with Crippen molar-refractivity contribution < 1.29 is 0 Å². The summed E-state index contributed by atoms with van der Waals surface area (Å²) in [5.41, 5.74) is 4.43. The molecule has 4 rings (SSSR count). The molecule has 0 unspecified atom stereocenters. The number of hydrogen-bond donors (Lipinski definition) is 0. The van der Waals surface area contributed by atoms with Crippen LogP contribution in [0.15, 0.2) is 90.0 Å². The summed E-state index contributed by atoms with van der Waals surface area (Å²) in [7, 11) is 0. The Balaban J connectivity index is 1.78. The highest BCUT2D eigenvalue weighted by molar-refractivity contribution is 6.31. The molecule has 3 heteroatoms. The van der Waals surface area contributed by atoms with Gasteiger partial charge in [-0.3, -0.25) is 5.01 Å². The van der Waals surface area contributed by atoms with Gasteiger partial charge < -0.3 is 0 Å². The number of benzene rings is 3. The van der Waals surface area contributed by atoms with Gasteiger partial charge in [-0.1, -0.05) is 78.3 Å². The molecule has 3 aromatic carbocycles. The normalized spacial score (nSPS) is 17.0. The number of hydrazone groups is 1. The predicted molar refractivity (Wildman–Crippen MR) is 101 cm³/mol. The molecule has 0 N–H and O–H groups in total. The number of anilines is 1. The highest BCUT2D eigenvalue weighted by Gasteiger charge is 2.30. The quantitative estimate of drug-likeness (QED) is 0.601. The molecular weight excluding hydrogens is 316 g/mol. The van der Waals surface area contributed by atoms with Crippen LogP contribution in [0.4, 0.5) is 5.69 Å². The van der Waals surface area contributed by atoms with Gasteiger partial charge in [0.15, 0.2) is 0 Å². The molecule has 0 spiro atoms. The topological polar surface area (TPSA) is 15.6 Å². The fraction of sp³-hybridized carbons (Fsp3) is 0.0952. The molecular formula is C21H17ClN2. The molecule has 2 nitrogen and oxygen atoms in total. The molecule has 0 fully saturated rings. The van der Waals surface area contributed by atoms with Gasteiger partial charge in [0.2, 0.25) is 0 Å². The van der Waals surface area contributed by atoms with Crippen LogP contribution in [0, 0.1) is 0 Å². The summed E-state index contributed by atoms with van der Waals surface area (Å²) in [5, 5.41) is 7.79. The number of rotatable bonds is 3. The first kappa shape index (κ1) is 15.0. The molecule has 3 aromatic rings. The molecule has 1 aliphatic heterocycles. The Bertz CT molecular complexity index is 859. The second kappa shape index (κ2) is 6.50. The Labute approximate surface area is 147 Å². The smallest absolute Gasteiger partial charge is 0.0846 e. The molecule has 0 radical (unpaired) electrons. The van der Waals surface area contributed by atoms with Crippen LogP contribution in [0.25, 0.3) is 0 Å². The summed E-state index contributed by atoms with van der Waals surface area (Å²) >= 11 is 6.47. The van der Waals surface area contributed by atoms with Gasteiger partial charge in [0.05, 0.1) is 17.4 Å². The number of para-hydroxylation sites is 1. The van der Waals surface area contributed by atoms with Crippen LogP contribution in [0.5, 0.6) is 0 Å². The van der Waals surface area contributed by atoms with E-state index < -0.39 is 0 Å². The summed E-state index contributed by atoms with van der Waals surface area (Å²) in [6.07, 6.45) is 0.836. The van der Waals surface area contributed by atoms with Crippen LogP contribution in [0.2, 0.25) is 5.02 Å². The highest BCUT2D eigenvalue weighted by Crippen LogP contribution is 2.39. The van der Waals surface area contributed by atoms with E-state index in [9.17, 15) is 0 Å². The lowest BCUT2D eigenvalue weighted by molar-refractivity contribution is 0.709. The van der Waals surface area contributed by atoms with E-state index in [4.69, 9.17) is 16.7 Å². The predicted octanol–water partition coefficient (Wildman–Crippen LogP) is 5.70. The van der Waals surface area contributed by atoms with E-state index in [1.807, 2.05) is 54.6 Å². The van der Waals surface area contributed by atoms with E-state index in [0.717, 1.165) is 34.0 Å². The van der Waals surface area contributed by atoms with Crippen LogP contribution in [-0.4, -0.2) is 5.71 Å². The van der Waals surface area contributed by atoms with Crippen molar-refractivity contribution in [2.24, 2.45) is 5.10 Å². The molecule has 0 saturated heterocycles. The van der Waals surface area contributed by atoms with E-state index in [0.29, 0.717) is 0 Å². The van der Waals surface area contributed by atoms with Gasteiger partial charge in [0, 0.05) is 11.4 Å². The first-order valence-electron chi connectivity index (χ1n) is 8.04. The fourth-order valence-electron chi connectivity index (χ4n) is 3.12. The zero-order valence-electron chi connectivity index (χ0n) is 13.1. The van der Waals surface area contributed by atoms with Crippen molar-refractivity contribution in [3.8, 4) is 0 Å². The van der Waals surface area contributed by atoms with E-state index in [1.165, 1.54) is 0 Å². The average molecular weight is 333 g/mol. The minimum atomic E-state index is 0.108. The van der Waals surface area contributed by atoms with Crippen LogP contribution < -0.4 is 5.01 Å². The third-order valence-corrected chi connectivity index (χ3v) is 4.65. The van der Waals surface area contributed by atoms with E-state index in [-0.39, 0.29) is 6.04 Å². The molecule has 0 aromatic heterocycles. The van der Waals surface area contributed by atoms with Crippen molar-refractivity contribution in [3.63, 3.8) is 0 Å². The second-order valence-electron chi connectivity index (χ2n) is 5.83. The average Bonchev–Trinajstić information content (AvgIpc) is 3.09. The molecule has 1 aliphatic rings. The molecule has 0 bridgehead atoms. The van der Waals surface area contributed by atoms with Gasteiger partial charge >= 0.3 is 0 Å². The number of nitrogens with zero attached hydrogens (tertiary/aromatic N) is 2. The van der Waals surface area contributed by atoms with Crippen molar-refractivity contribution in [2.75, 3.05) is 5.01 Å². The van der Waals surface area contributed by atoms with Gasteiger partial charge in [-0.15, -0.1) is 0 Å². The lowest BCUT2D eigenvalue weighted by atomic mass is 9.98. The molecule has 1 atom stereocenters. The lowest BCUT2D eigenvalue weighted by Crippen LogP contribution is -2.18. The van der Waals surface area contributed by atoms with Crippen LogP contribution in [0.3, 0.4) is 0 Å². The van der Waals surface area contributed by atoms with Gasteiger partial charge in [0.25, 0.3) is 0 Å². The minimum absolute atomic E-state index is 0.108. The Kier molecular flexibility index (Phi) is 4.06. The summed E-state index contributed by atoms with van der Waals surface area (Å²) in [5.74, 6) is 0. The highest BCUT2D eigenvalue weighted by atomic mass is 35.5. The largest absolute Gasteiger partial charge is 0.257 e. The molecule has 1 heterocycles. The Morgan fingerprint density at radius 1 is 0.792 bits per heavy atom. The summed E-state index contributed by atoms with van der Waals surface area (Å²) < 4.78 is 0. The van der Waals surface area contributed by atoms with Crippen LogP contribution in [-0.2, 0) is 0 Å². The fourth-order valence-corrected chi connectivity index (χ4v) is 3.38. The van der Waals surface area contributed by atoms with Crippen molar-refractivity contribution >= 4 is 23.0 Å². The summed E-state index contributed by atoms with van der Waals surface area (Å²) in [6, 6.07) is 28.7. The van der Waals surface area contributed by atoms with Gasteiger partial charge in [-0.05, 0) is 29.3 Å². The molecule has 0 aliphatic carbocycles. The maximum atomic E-state index is 6.47. The third-order valence-electron chi connectivity index (χ3n) is 4.30. The van der Waals surface area contributed by atoms with Gasteiger partial charge in [0.1, 0.15) is 0 Å². The molecule has 118 valence electrons. The Hall–Kier alpha value is -2.58. The van der Waals surface area contributed by atoms with Crippen molar-refractivity contribution in [2.45, 2.75) is 12.5 Å².